The van der Waals surface area contributed by atoms with E-state index in [2.05, 4.69) is 17.3 Å². The lowest BCUT2D eigenvalue weighted by atomic mass is 10.1. The van der Waals surface area contributed by atoms with Crippen molar-refractivity contribution in [1.29, 1.82) is 0 Å². The Morgan fingerprint density at radius 2 is 2.17 bits per heavy atom. The molecule has 2 rings (SSSR count). The highest BCUT2D eigenvalue weighted by Crippen LogP contribution is 2.21. The summed E-state index contributed by atoms with van der Waals surface area (Å²) in [6, 6.07) is 0.517. The van der Waals surface area contributed by atoms with Crippen LogP contribution >= 0.6 is 0 Å². The van der Waals surface area contributed by atoms with Crippen LogP contribution in [0.1, 0.15) is 19.3 Å². The van der Waals surface area contributed by atoms with Crippen LogP contribution in [0.5, 0.6) is 0 Å². The van der Waals surface area contributed by atoms with Gasteiger partial charge in [0.15, 0.2) is 0 Å². The fourth-order valence-electron chi connectivity index (χ4n) is 1.70. The van der Waals surface area contributed by atoms with Gasteiger partial charge >= 0.3 is 0 Å². The molecular formula is C9H16N2O. The molecule has 2 fully saturated rings. The average Bonchev–Trinajstić information content (AvgIpc) is 2.72. The highest BCUT2D eigenvalue weighted by atomic mass is 16.2. The summed E-state index contributed by atoms with van der Waals surface area (Å²) < 4.78 is 0. The van der Waals surface area contributed by atoms with E-state index in [1.54, 1.807) is 0 Å². The topological polar surface area (TPSA) is 32.3 Å². The second kappa shape index (κ2) is 3.05. The number of nitrogens with one attached hydrogen (secondary N) is 1. The lowest BCUT2D eigenvalue weighted by Crippen LogP contribution is -2.33. The van der Waals surface area contributed by atoms with Crippen LogP contribution in [0.2, 0.25) is 0 Å². The molecule has 0 radical (unpaired) electrons. The van der Waals surface area contributed by atoms with E-state index in [1.165, 1.54) is 12.8 Å². The maximum atomic E-state index is 11.5. The van der Waals surface area contributed by atoms with Crippen molar-refractivity contribution in [2.75, 3.05) is 20.1 Å². The molecule has 0 unspecified atom stereocenters. The number of amides is 1. The Morgan fingerprint density at radius 1 is 1.42 bits per heavy atom. The predicted octanol–water partition coefficient (Wildman–Crippen LogP) is 0.217. The van der Waals surface area contributed by atoms with Crippen LogP contribution in [0.15, 0.2) is 0 Å². The molecule has 2 aliphatic rings. The zero-order chi connectivity index (χ0) is 8.55. The summed E-state index contributed by atoms with van der Waals surface area (Å²) in [4.78, 5) is 13.7. The van der Waals surface area contributed by atoms with E-state index in [0.717, 1.165) is 19.5 Å². The average molecular weight is 168 g/mol. The third-order valence-electron chi connectivity index (χ3n) is 2.69. The summed E-state index contributed by atoms with van der Waals surface area (Å²) in [5, 5.41) is 3.05. The summed E-state index contributed by atoms with van der Waals surface area (Å²) in [5.41, 5.74) is 0. The Balaban J connectivity index is 1.79. The molecule has 0 bridgehead atoms. The van der Waals surface area contributed by atoms with Crippen molar-refractivity contribution in [2.24, 2.45) is 5.92 Å². The summed E-state index contributed by atoms with van der Waals surface area (Å²) in [6.45, 7) is 2.02. The van der Waals surface area contributed by atoms with Crippen molar-refractivity contribution >= 4 is 5.91 Å². The van der Waals surface area contributed by atoms with E-state index in [1.807, 2.05) is 0 Å². The van der Waals surface area contributed by atoms with E-state index in [-0.39, 0.29) is 11.8 Å². The molecule has 1 atom stereocenters. The van der Waals surface area contributed by atoms with Gasteiger partial charge in [0.2, 0.25) is 5.91 Å². The van der Waals surface area contributed by atoms with Gasteiger partial charge in [-0.05, 0) is 32.9 Å². The lowest BCUT2D eigenvalue weighted by molar-refractivity contribution is -0.124. The second-order valence-electron chi connectivity index (χ2n) is 4.03. The fraction of sp³-hybridized carbons (Fsp3) is 0.889. The van der Waals surface area contributed by atoms with Gasteiger partial charge in [0.25, 0.3) is 0 Å². The van der Waals surface area contributed by atoms with E-state index in [0.29, 0.717) is 6.04 Å². The van der Waals surface area contributed by atoms with E-state index in [4.69, 9.17) is 0 Å². The van der Waals surface area contributed by atoms with Crippen molar-refractivity contribution in [1.82, 2.24) is 10.2 Å². The van der Waals surface area contributed by atoms with Gasteiger partial charge in [-0.15, -0.1) is 0 Å². The third kappa shape index (κ3) is 1.78. The molecular weight excluding hydrogens is 152 g/mol. The van der Waals surface area contributed by atoms with Crippen molar-refractivity contribution in [3.05, 3.63) is 0 Å². The number of hydrogen-bond donors (Lipinski definition) is 1. The van der Waals surface area contributed by atoms with Crippen molar-refractivity contribution < 1.29 is 4.79 Å². The Kier molecular flexibility index (Phi) is 2.05. The molecule has 68 valence electrons. The molecule has 1 saturated carbocycles. The van der Waals surface area contributed by atoms with Crippen molar-refractivity contribution in [2.45, 2.75) is 25.3 Å². The first-order valence-electron chi connectivity index (χ1n) is 4.74. The van der Waals surface area contributed by atoms with Gasteiger partial charge in [0, 0.05) is 12.6 Å². The van der Waals surface area contributed by atoms with Gasteiger partial charge in [-0.2, -0.15) is 0 Å². The van der Waals surface area contributed by atoms with Crippen LogP contribution in [0.3, 0.4) is 0 Å². The standard InChI is InChI=1S/C9H16N2O/c1-11-5-4-7(6-11)9(12)10-8-2-3-8/h7-8H,2-6H2,1H3,(H,10,12)/t7-/m1/s1. The van der Waals surface area contributed by atoms with Crippen LogP contribution in [-0.2, 0) is 4.79 Å². The van der Waals surface area contributed by atoms with Gasteiger partial charge in [-0.25, -0.2) is 0 Å². The number of carbonyl (C=O) groups is 1. The first-order chi connectivity index (χ1) is 5.75. The molecule has 1 saturated heterocycles. The van der Waals surface area contributed by atoms with E-state index >= 15 is 0 Å². The summed E-state index contributed by atoms with van der Waals surface area (Å²) in [5.74, 6) is 0.539. The predicted molar refractivity (Wildman–Crippen MR) is 46.8 cm³/mol. The molecule has 12 heavy (non-hydrogen) atoms. The van der Waals surface area contributed by atoms with Crippen LogP contribution in [0.4, 0.5) is 0 Å². The van der Waals surface area contributed by atoms with Gasteiger partial charge in [-0.1, -0.05) is 0 Å². The van der Waals surface area contributed by atoms with Gasteiger partial charge < -0.3 is 10.2 Å². The lowest BCUT2D eigenvalue weighted by Gasteiger charge is -2.10. The fourth-order valence-corrected chi connectivity index (χ4v) is 1.70. The SMILES string of the molecule is CN1CC[C@@H](C(=O)NC2CC2)C1. The van der Waals surface area contributed by atoms with Crippen LogP contribution in [0.25, 0.3) is 0 Å². The van der Waals surface area contributed by atoms with Gasteiger partial charge in [0.05, 0.1) is 5.92 Å². The minimum Gasteiger partial charge on any atom is -0.353 e. The molecule has 1 aliphatic carbocycles. The molecule has 1 aliphatic heterocycles. The number of carbonyl (C=O) groups excluding carboxylic acids is 1. The zero-order valence-electron chi connectivity index (χ0n) is 7.55. The monoisotopic (exact) mass is 168 g/mol. The Morgan fingerprint density at radius 3 is 2.67 bits per heavy atom. The molecule has 1 heterocycles. The number of rotatable bonds is 2. The number of likely N-dealkylation sites (tertiary alicyclic amines) is 1. The molecule has 3 nitrogen and oxygen atoms in total. The maximum absolute atomic E-state index is 11.5. The molecule has 0 aromatic heterocycles. The van der Waals surface area contributed by atoms with Crippen LogP contribution in [0, 0.1) is 5.92 Å². The van der Waals surface area contributed by atoms with E-state index < -0.39 is 0 Å². The molecule has 0 aromatic carbocycles. The molecule has 1 N–H and O–H groups in total. The summed E-state index contributed by atoms with van der Waals surface area (Å²) in [6.07, 6.45) is 3.41. The van der Waals surface area contributed by atoms with Crippen LogP contribution in [-0.4, -0.2) is 37.0 Å². The van der Waals surface area contributed by atoms with Crippen molar-refractivity contribution in [3.63, 3.8) is 0 Å². The van der Waals surface area contributed by atoms with Crippen LogP contribution < -0.4 is 5.32 Å². The Bertz CT molecular complexity index is 189. The smallest absolute Gasteiger partial charge is 0.224 e. The molecule has 1 amide bonds. The highest BCUT2D eigenvalue weighted by molar-refractivity contribution is 5.79. The third-order valence-corrected chi connectivity index (χ3v) is 2.69. The van der Waals surface area contributed by atoms with E-state index in [9.17, 15) is 4.79 Å². The molecule has 0 spiro atoms. The highest BCUT2D eigenvalue weighted by Gasteiger charge is 2.30. The second-order valence-corrected chi connectivity index (χ2v) is 4.03. The quantitative estimate of drug-likeness (QED) is 0.639. The number of hydrogen-bond acceptors (Lipinski definition) is 2. The first-order valence-corrected chi connectivity index (χ1v) is 4.74. The summed E-state index contributed by atoms with van der Waals surface area (Å²) in [7, 11) is 2.07. The Labute approximate surface area is 73.1 Å². The molecule has 3 heteroatoms. The van der Waals surface area contributed by atoms with Gasteiger partial charge in [0.1, 0.15) is 0 Å². The Hall–Kier alpha value is -0.570. The minimum absolute atomic E-state index is 0.260. The molecule has 0 aromatic rings. The minimum atomic E-state index is 0.260. The van der Waals surface area contributed by atoms with Crippen molar-refractivity contribution in [3.8, 4) is 0 Å². The van der Waals surface area contributed by atoms with Gasteiger partial charge in [-0.3, -0.25) is 4.79 Å². The largest absolute Gasteiger partial charge is 0.353 e. The maximum Gasteiger partial charge on any atom is 0.224 e. The normalized spacial score (nSPS) is 30.6. The first kappa shape index (κ1) is 8.05. The number of nitrogens with zero attached hydrogens (tertiary/aromatic N) is 1. The zero-order valence-corrected chi connectivity index (χ0v) is 7.55. The summed E-state index contributed by atoms with van der Waals surface area (Å²) >= 11 is 0.